The smallest absolute Gasteiger partial charge is 0.377 e. The van der Waals surface area contributed by atoms with E-state index >= 15 is 0 Å². The fraction of sp³-hybridized carbons (Fsp3) is 0.857. The molecule has 0 radical (unpaired) electrons. The van der Waals surface area contributed by atoms with E-state index in [0.29, 0.717) is 0 Å². The number of carbonyl (C=O) groups is 1. The highest BCUT2D eigenvalue weighted by molar-refractivity contribution is 5.76. The molecule has 0 fully saturated rings. The molecular formula is C7H12F2O3. The Morgan fingerprint density at radius 3 is 2.17 bits per heavy atom. The van der Waals surface area contributed by atoms with Crippen molar-refractivity contribution in [3.05, 3.63) is 0 Å². The fourth-order valence-corrected chi connectivity index (χ4v) is 0.737. The Balaban J connectivity index is 4.25. The van der Waals surface area contributed by atoms with E-state index in [2.05, 4.69) is 0 Å². The number of halogens is 2. The molecule has 0 saturated carbocycles. The summed E-state index contributed by atoms with van der Waals surface area (Å²) in [6, 6.07) is 0. The Hall–Kier alpha value is -0.710. The summed E-state index contributed by atoms with van der Waals surface area (Å²) in [6.45, 7) is 3.25. The molecule has 0 aromatic carbocycles. The lowest BCUT2D eigenvalue weighted by atomic mass is 10.0. The van der Waals surface area contributed by atoms with Gasteiger partial charge in [0.05, 0.1) is 0 Å². The topological polar surface area (TPSA) is 57.5 Å². The van der Waals surface area contributed by atoms with Crippen LogP contribution in [0.4, 0.5) is 8.78 Å². The second kappa shape index (κ2) is 3.80. The molecule has 5 heteroatoms. The number of hydrogen-bond donors (Lipinski definition) is 2. The van der Waals surface area contributed by atoms with Crippen molar-refractivity contribution in [2.75, 3.05) is 0 Å². The number of rotatable bonds is 4. The van der Waals surface area contributed by atoms with Crippen LogP contribution in [0.1, 0.15) is 20.3 Å². The van der Waals surface area contributed by atoms with Gasteiger partial charge in [0.15, 0.2) is 0 Å². The van der Waals surface area contributed by atoms with Crippen LogP contribution < -0.4 is 0 Å². The summed E-state index contributed by atoms with van der Waals surface area (Å²) in [5.41, 5.74) is 0. The highest BCUT2D eigenvalue weighted by Gasteiger charge is 2.46. The first-order valence-corrected chi connectivity index (χ1v) is 3.57. The lowest BCUT2D eigenvalue weighted by Gasteiger charge is -2.19. The van der Waals surface area contributed by atoms with E-state index in [0.717, 1.165) is 0 Å². The zero-order valence-corrected chi connectivity index (χ0v) is 6.92. The summed E-state index contributed by atoms with van der Waals surface area (Å²) in [5, 5.41) is 16.8. The Morgan fingerprint density at radius 2 is 1.92 bits per heavy atom. The Labute approximate surface area is 69.0 Å². The molecule has 0 aliphatic heterocycles. The highest BCUT2D eigenvalue weighted by Crippen LogP contribution is 2.23. The number of carboxylic acid groups (broad SMARTS) is 1. The summed E-state index contributed by atoms with van der Waals surface area (Å²) < 4.78 is 24.9. The molecule has 0 saturated heterocycles. The third-order valence-corrected chi connectivity index (χ3v) is 1.40. The van der Waals surface area contributed by atoms with Crippen LogP contribution in [-0.4, -0.2) is 28.2 Å². The van der Waals surface area contributed by atoms with Gasteiger partial charge < -0.3 is 10.2 Å². The van der Waals surface area contributed by atoms with Gasteiger partial charge in [0.25, 0.3) is 0 Å². The first kappa shape index (κ1) is 11.3. The van der Waals surface area contributed by atoms with Crippen LogP contribution in [0.15, 0.2) is 0 Å². The van der Waals surface area contributed by atoms with Crippen LogP contribution >= 0.6 is 0 Å². The van der Waals surface area contributed by atoms with Crippen molar-refractivity contribution in [1.29, 1.82) is 0 Å². The number of alkyl halides is 2. The quantitative estimate of drug-likeness (QED) is 0.684. The Bertz CT molecular complexity index is 168. The third-order valence-electron chi connectivity index (χ3n) is 1.40. The van der Waals surface area contributed by atoms with Gasteiger partial charge in [0.2, 0.25) is 0 Å². The number of aliphatic carboxylic acids is 1. The van der Waals surface area contributed by atoms with Crippen molar-refractivity contribution in [2.45, 2.75) is 32.3 Å². The van der Waals surface area contributed by atoms with Gasteiger partial charge in [-0.3, -0.25) is 0 Å². The largest absolute Gasteiger partial charge is 0.477 e. The van der Waals surface area contributed by atoms with Crippen LogP contribution in [0.3, 0.4) is 0 Å². The first-order valence-electron chi connectivity index (χ1n) is 3.57. The Morgan fingerprint density at radius 1 is 1.50 bits per heavy atom. The summed E-state index contributed by atoms with van der Waals surface area (Å²) in [6.07, 6.45) is -2.32. The van der Waals surface area contributed by atoms with E-state index in [-0.39, 0.29) is 12.3 Å². The van der Waals surface area contributed by atoms with Crippen molar-refractivity contribution < 1.29 is 23.8 Å². The maximum atomic E-state index is 12.5. The molecule has 2 N–H and O–H groups in total. The summed E-state index contributed by atoms with van der Waals surface area (Å²) in [4.78, 5) is 9.93. The van der Waals surface area contributed by atoms with E-state index < -0.39 is 18.0 Å². The zero-order valence-electron chi connectivity index (χ0n) is 6.92. The molecule has 0 aliphatic carbocycles. The molecule has 1 atom stereocenters. The zero-order chi connectivity index (χ0) is 9.94. The average Bonchev–Trinajstić information content (AvgIpc) is 1.85. The molecule has 0 rings (SSSR count). The summed E-state index contributed by atoms with van der Waals surface area (Å²) in [5.74, 6) is -6.48. The predicted molar refractivity (Wildman–Crippen MR) is 38.0 cm³/mol. The molecule has 72 valence electrons. The molecule has 0 aromatic heterocycles. The average molecular weight is 182 g/mol. The minimum absolute atomic E-state index is 0.162. The first-order chi connectivity index (χ1) is 5.28. The van der Waals surface area contributed by atoms with E-state index in [1.165, 1.54) is 0 Å². The standard InChI is InChI=1S/C7H12F2O3/c1-4(2)3-5(10)7(8,9)6(11)12/h4-5,10H,3H2,1-2H3,(H,11,12)/t5-/m0/s1. The van der Waals surface area contributed by atoms with Crippen LogP contribution in [0.5, 0.6) is 0 Å². The van der Waals surface area contributed by atoms with Gasteiger partial charge in [-0.1, -0.05) is 13.8 Å². The van der Waals surface area contributed by atoms with Crippen LogP contribution in [0.25, 0.3) is 0 Å². The lowest BCUT2D eigenvalue weighted by molar-refractivity contribution is -0.183. The monoisotopic (exact) mass is 182 g/mol. The molecular weight excluding hydrogens is 170 g/mol. The molecule has 0 unspecified atom stereocenters. The summed E-state index contributed by atoms with van der Waals surface area (Å²) >= 11 is 0. The number of aliphatic hydroxyl groups excluding tert-OH is 1. The number of aliphatic hydroxyl groups is 1. The lowest BCUT2D eigenvalue weighted by Crippen LogP contribution is -2.41. The summed E-state index contributed by atoms with van der Waals surface area (Å²) in [7, 11) is 0. The SMILES string of the molecule is CC(C)C[C@H](O)C(F)(F)C(=O)O. The van der Waals surface area contributed by atoms with Crippen LogP contribution in [-0.2, 0) is 4.79 Å². The normalized spacial score (nSPS) is 14.8. The van der Waals surface area contributed by atoms with Gasteiger partial charge in [-0.15, -0.1) is 0 Å². The van der Waals surface area contributed by atoms with Crippen LogP contribution in [0.2, 0.25) is 0 Å². The van der Waals surface area contributed by atoms with Gasteiger partial charge >= 0.3 is 11.9 Å². The maximum absolute atomic E-state index is 12.5. The molecule has 3 nitrogen and oxygen atoms in total. The van der Waals surface area contributed by atoms with Crippen molar-refractivity contribution >= 4 is 5.97 Å². The molecule has 0 heterocycles. The molecule has 0 bridgehead atoms. The van der Waals surface area contributed by atoms with E-state index in [1.807, 2.05) is 0 Å². The van der Waals surface area contributed by atoms with E-state index in [9.17, 15) is 13.6 Å². The van der Waals surface area contributed by atoms with Crippen molar-refractivity contribution in [2.24, 2.45) is 5.92 Å². The fourth-order valence-electron chi connectivity index (χ4n) is 0.737. The second-order valence-corrected chi connectivity index (χ2v) is 3.07. The second-order valence-electron chi connectivity index (χ2n) is 3.07. The third kappa shape index (κ3) is 2.73. The highest BCUT2D eigenvalue weighted by atomic mass is 19.3. The van der Waals surface area contributed by atoms with Gasteiger partial charge in [0.1, 0.15) is 6.10 Å². The van der Waals surface area contributed by atoms with Crippen molar-refractivity contribution in [3.63, 3.8) is 0 Å². The van der Waals surface area contributed by atoms with Gasteiger partial charge in [0, 0.05) is 0 Å². The maximum Gasteiger partial charge on any atom is 0.377 e. The van der Waals surface area contributed by atoms with Gasteiger partial charge in [-0.05, 0) is 12.3 Å². The van der Waals surface area contributed by atoms with E-state index in [4.69, 9.17) is 10.2 Å². The number of hydrogen-bond acceptors (Lipinski definition) is 2. The predicted octanol–water partition coefficient (Wildman–Crippen LogP) is 1.11. The Kier molecular flexibility index (Phi) is 3.57. The minimum Gasteiger partial charge on any atom is -0.477 e. The van der Waals surface area contributed by atoms with Crippen molar-refractivity contribution in [1.82, 2.24) is 0 Å². The van der Waals surface area contributed by atoms with Gasteiger partial charge in [-0.25, -0.2) is 4.79 Å². The van der Waals surface area contributed by atoms with Crippen molar-refractivity contribution in [3.8, 4) is 0 Å². The molecule has 0 amide bonds. The minimum atomic E-state index is -4.04. The van der Waals surface area contributed by atoms with Crippen LogP contribution in [0, 0.1) is 5.92 Å². The van der Waals surface area contributed by atoms with E-state index in [1.54, 1.807) is 13.8 Å². The van der Waals surface area contributed by atoms with Gasteiger partial charge in [-0.2, -0.15) is 8.78 Å². The molecule has 0 aliphatic rings. The molecule has 0 aromatic rings. The number of carboxylic acids is 1. The molecule has 12 heavy (non-hydrogen) atoms. The molecule has 0 spiro atoms.